The van der Waals surface area contributed by atoms with E-state index >= 15 is 0 Å². The van der Waals surface area contributed by atoms with E-state index < -0.39 is 5.41 Å². The Bertz CT molecular complexity index is 1040. The molecule has 3 aromatic rings. The zero-order valence-electron chi connectivity index (χ0n) is 17.7. The number of hydrogen-bond donors (Lipinski definition) is 1. The first-order valence-corrected chi connectivity index (χ1v) is 11.5. The molecule has 1 fully saturated rings. The molecule has 0 bridgehead atoms. The van der Waals surface area contributed by atoms with Crippen molar-refractivity contribution in [2.45, 2.75) is 25.7 Å². The Morgan fingerprint density at radius 2 is 2.06 bits per heavy atom. The number of carbonyl (C=O) groups excluding carboxylic acids is 2. The molecule has 1 N–H and O–H groups in total. The van der Waals surface area contributed by atoms with Crippen molar-refractivity contribution in [2.75, 3.05) is 20.1 Å². The molecule has 0 aliphatic carbocycles. The molecule has 6 heteroatoms. The number of piperidine rings is 1. The van der Waals surface area contributed by atoms with Crippen molar-refractivity contribution >= 4 is 23.2 Å². The molecule has 4 rings (SSSR count). The first-order chi connectivity index (χ1) is 15.1. The van der Waals surface area contributed by atoms with Crippen LogP contribution in [-0.4, -0.2) is 41.8 Å². The van der Waals surface area contributed by atoms with Gasteiger partial charge in [0.2, 0.25) is 11.8 Å². The Morgan fingerprint density at radius 1 is 1.16 bits per heavy atom. The Kier molecular flexibility index (Phi) is 6.47. The average molecular weight is 434 g/mol. The van der Waals surface area contributed by atoms with Crippen molar-refractivity contribution in [2.24, 2.45) is 5.41 Å². The van der Waals surface area contributed by atoms with Crippen LogP contribution < -0.4 is 5.32 Å². The highest BCUT2D eigenvalue weighted by Gasteiger charge is 2.43. The van der Waals surface area contributed by atoms with Crippen LogP contribution in [0.5, 0.6) is 0 Å². The van der Waals surface area contributed by atoms with E-state index in [0.717, 1.165) is 24.1 Å². The molecule has 1 aromatic carbocycles. The SMILES string of the molecule is CNC(=O)[C@@]1(Cc2cccc(-c3cccs3)c2)CCCN(C(=O)Cc2ccccn2)C1. The number of likely N-dealkylation sites (tertiary alicyclic amines) is 1. The van der Waals surface area contributed by atoms with E-state index in [1.165, 1.54) is 10.4 Å². The number of hydrogen-bond acceptors (Lipinski definition) is 4. The summed E-state index contributed by atoms with van der Waals surface area (Å²) in [6, 6.07) is 18.2. The molecule has 0 spiro atoms. The van der Waals surface area contributed by atoms with Gasteiger partial charge in [-0.25, -0.2) is 0 Å². The van der Waals surface area contributed by atoms with E-state index in [1.54, 1.807) is 24.6 Å². The van der Waals surface area contributed by atoms with Crippen LogP contribution >= 0.6 is 11.3 Å². The van der Waals surface area contributed by atoms with Gasteiger partial charge in [-0.1, -0.05) is 36.4 Å². The van der Waals surface area contributed by atoms with E-state index in [1.807, 2.05) is 29.2 Å². The Morgan fingerprint density at radius 3 is 2.81 bits per heavy atom. The maximum atomic E-state index is 13.1. The molecule has 5 nitrogen and oxygen atoms in total. The summed E-state index contributed by atoms with van der Waals surface area (Å²) in [6.07, 6.45) is 4.15. The molecule has 1 atom stereocenters. The van der Waals surface area contributed by atoms with Gasteiger partial charge in [0.25, 0.3) is 0 Å². The van der Waals surface area contributed by atoms with Crippen molar-refractivity contribution in [1.82, 2.24) is 15.2 Å². The van der Waals surface area contributed by atoms with Crippen LogP contribution in [-0.2, 0) is 22.4 Å². The molecule has 2 aromatic heterocycles. The topological polar surface area (TPSA) is 62.3 Å². The molecule has 31 heavy (non-hydrogen) atoms. The summed E-state index contributed by atoms with van der Waals surface area (Å²) in [5.41, 5.74) is 2.42. The Labute approximate surface area is 187 Å². The number of pyridine rings is 1. The van der Waals surface area contributed by atoms with Gasteiger partial charge in [-0.15, -0.1) is 11.3 Å². The molecule has 160 valence electrons. The minimum Gasteiger partial charge on any atom is -0.359 e. The number of amides is 2. The van der Waals surface area contributed by atoms with Gasteiger partial charge in [-0.3, -0.25) is 14.6 Å². The minimum atomic E-state index is -0.624. The number of nitrogens with one attached hydrogen (secondary N) is 1. The summed E-state index contributed by atoms with van der Waals surface area (Å²) in [4.78, 5) is 33.4. The second-order valence-electron chi connectivity index (χ2n) is 8.13. The van der Waals surface area contributed by atoms with Crippen LogP contribution in [0.25, 0.3) is 10.4 Å². The summed E-state index contributed by atoms with van der Waals surface area (Å²) in [5.74, 6) is 0.0309. The first-order valence-electron chi connectivity index (χ1n) is 10.6. The second kappa shape index (κ2) is 9.43. The molecule has 2 amide bonds. The first kappa shape index (κ1) is 21.2. The number of carbonyl (C=O) groups is 2. The lowest BCUT2D eigenvalue weighted by molar-refractivity contribution is -0.141. The van der Waals surface area contributed by atoms with Gasteiger partial charge in [0.05, 0.1) is 11.8 Å². The molecule has 1 saturated heterocycles. The van der Waals surface area contributed by atoms with Gasteiger partial charge >= 0.3 is 0 Å². The van der Waals surface area contributed by atoms with Crippen molar-refractivity contribution in [3.63, 3.8) is 0 Å². The maximum Gasteiger partial charge on any atom is 0.228 e. The lowest BCUT2D eigenvalue weighted by Crippen LogP contribution is -2.54. The van der Waals surface area contributed by atoms with Crippen molar-refractivity contribution in [1.29, 1.82) is 0 Å². The summed E-state index contributed by atoms with van der Waals surface area (Å²) >= 11 is 1.71. The van der Waals surface area contributed by atoms with E-state index in [9.17, 15) is 9.59 Å². The molecular formula is C25H27N3O2S. The smallest absolute Gasteiger partial charge is 0.228 e. The number of aromatic nitrogens is 1. The monoisotopic (exact) mass is 433 g/mol. The Balaban J connectivity index is 1.55. The highest BCUT2D eigenvalue weighted by molar-refractivity contribution is 7.13. The Hall–Kier alpha value is -2.99. The molecule has 0 radical (unpaired) electrons. The van der Waals surface area contributed by atoms with Crippen molar-refractivity contribution in [3.8, 4) is 10.4 Å². The van der Waals surface area contributed by atoms with Gasteiger partial charge in [0.1, 0.15) is 0 Å². The van der Waals surface area contributed by atoms with Gasteiger partial charge in [0, 0.05) is 36.9 Å². The van der Waals surface area contributed by atoms with Crippen LogP contribution in [0.3, 0.4) is 0 Å². The highest BCUT2D eigenvalue weighted by atomic mass is 32.1. The zero-order chi connectivity index (χ0) is 21.7. The fourth-order valence-corrected chi connectivity index (χ4v) is 5.18. The zero-order valence-corrected chi connectivity index (χ0v) is 18.5. The van der Waals surface area contributed by atoms with Crippen molar-refractivity contribution in [3.05, 3.63) is 77.4 Å². The fraction of sp³-hybridized carbons (Fsp3) is 0.320. The lowest BCUT2D eigenvalue weighted by atomic mass is 9.74. The quantitative estimate of drug-likeness (QED) is 0.640. The average Bonchev–Trinajstić information content (AvgIpc) is 3.34. The normalized spacial score (nSPS) is 18.5. The van der Waals surface area contributed by atoms with E-state index in [-0.39, 0.29) is 18.2 Å². The molecule has 1 aliphatic rings. The number of thiophene rings is 1. The van der Waals surface area contributed by atoms with E-state index in [2.05, 4.69) is 46.0 Å². The predicted molar refractivity (Wildman–Crippen MR) is 124 cm³/mol. The largest absolute Gasteiger partial charge is 0.359 e. The molecule has 0 unspecified atom stereocenters. The van der Waals surface area contributed by atoms with Crippen molar-refractivity contribution < 1.29 is 9.59 Å². The number of benzene rings is 1. The third kappa shape index (κ3) is 4.85. The summed E-state index contributed by atoms with van der Waals surface area (Å²) in [7, 11) is 1.68. The van der Waals surface area contributed by atoms with E-state index in [4.69, 9.17) is 0 Å². The number of nitrogens with zero attached hydrogens (tertiary/aromatic N) is 2. The summed E-state index contributed by atoms with van der Waals surface area (Å²) in [5, 5.41) is 4.93. The molecule has 1 aliphatic heterocycles. The maximum absolute atomic E-state index is 13.1. The predicted octanol–water partition coefficient (Wildman–Crippen LogP) is 3.95. The summed E-state index contributed by atoms with van der Waals surface area (Å²) < 4.78 is 0. The van der Waals surface area contributed by atoms with Gasteiger partial charge in [-0.05, 0) is 54.0 Å². The molecule has 3 heterocycles. The fourth-order valence-electron chi connectivity index (χ4n) is 4.46. The van der Waals surface area contributed by atoms with Crippen LogP contribution in [0.15, 0.2) is 66.2 Å². The highest BCUT2D eigenvalue weighted by Crippen LogP contribution is 2.36. The van der Waals surface area contributed by atoms with Gasteiger partial charge < -0.3 is 10.2 Å². The third-order valence-electron chi connectivity index (χ3n) is 5.97. The van der Waals surface area contributed by atoms with E-state index in [0.29, 0.717) is 19.5 Å². The van der Waals surface area contributed by atoms with Crippen LogP contribution in [0, 0.1) is 5.41 Å². The second-order valence-corrected chi connectivity index (χ2v) is 9.08. The standard InChI is InChI=1S/C25H27N3O2S/c1-26-24(30)25(17-19-7-4-8-20(15-19)22-10-5-14-31-22)11-6-13-28(18-25)23(29)16-21-9-2-3-12-27-21/h2-5,7-10,12,14-15H,6,11,13,16-18H2,1H3,(H,26,30)/t25-/m1/s1. The van der Waals surface area contributed by atoms with Crippen LogP contribution in [0.4, 0.5) is 0 Å². The molecule has 0 saturated carbocycles. The molecular weight excluding hydrogens is 406 g/mol. The van der Waals surface area contributed by atoms with Gasteiger partial charge in [0.15, 0.2) is 0 Å². The summed E-state index contributed by atoms with van der Waals surface area (Å²) in [6.45, 7) is 1.11. The minimum absolute atomic E-state index is 0.00404. The van der Waals surface area contributed by atoms with Gasteiger partial charge in [-0.2, -0.15) is 0 Å². The van der Waals surface area contributed by atoms with Crippen LogP contribution in [0.1, 0.15) is 24.1 Å². The third-order valence-corrected chi connectivity index (χ3v) is 6.89. The van der Waals surface area contributed by atoms with Crippen LogP contribution in [0.2, 0.25) is 0 Å². The number of rotatable bonds is 6. The lowest BCUT2D eigenvalue weighted by Gasteiger charge is -2.41.